The van der Waals surface area contributed by atoms with Crippen LogP contribution in [-0.2, 0) is 16.0 Å². The van der Waals surface area contributed by atoms with Gasteiger partial charge in [-0.3, -0.25) is 9.59 Å². The van der Waals surface area contributed by atoms with Crippen LogP contribution in [0.4, 0.5) is 0 Å². The second-order valence-corrected chi connectivity index (χ2v) is 5.22. The van der Waals surface area contributed by atoms with Crippen molar-refractivity contribution in [2.24, 2.45) is 5.92 Å². The Kier molecular flexibility index (Phi) is 4.20. The number of hydrogen-bond donors (Lipinski definition) is 2. The highest BCUT2D eigenvalue weighted by atomic mass is 16.4. The number of carboxylic acid groups (broad SMARTS) is 1. The van der Waals surface area contributed by atoms with Gasteiger partial charge in [0.2, 0.25) is 5.91 Å². The third-order valence-corrected chi connectivity index (χ3v) is 3.76. The van der Waals surface area contributed by atoms with Crippen LogP contribution in [0.25, 0.3) is 0 Å². The highest BCUT2D eigenvalue weighted by Gasteiger charge is 2.30. The third-order valence-electron chi connectivity index (χ3n) is 3.76. The minimum Gasteiger partial charge on any atom is -0.481 e. The Hall–Kier alpha value is -1.84. The van der Waals surface area contributed by atoms with Crippen molar-refractivity contribution in [2.75, 3.05) is 0 Å². The molecule has 0 aromatic heterocycles. The molecule has 0 saturated heterocycles. The fraction of sp³-hybridized carbons (Fsp3) is 0.467. The van der Waals surface area contributed by atoms with Crippen molar-refractivity contribution in [3.8, 4) is 0 Å². The summed E-state index contributed by atoms with van der Waals surface area (Å²) in [6, 6.07) is 7.82. The molecule has 4 nitrogen and oxygen atoms in total. The van der Waals surface area contributed by atoms with Gasteiger partial charge in [0.15, 0.2) is 0 Å². The quantitative estimate of drug-likeness (QED) is 0.870. The lowest BCUT2D eigenvalue weighted by Crippen LogP contribution is -2.34. The van der Waals surface area contributed by atoms with E-state index in [-0.39, 0.29) is 17.9 Å². The topological polar surface area (TPSA) is 66.4 Å². The summed E-state index contributed by atoms with van der Waals surface area (Å²) in [4.78, 5) is 22.8. The van der Waals surface area contributed by atoms with Gasteiger partial charge in [-0.15, -0.1) is 0 Å². The molecule has 1 fully saturated rings. The lowest BCUT2D eigenvalue weighted by molar-refractivity contribution is -0.141. The number of nitrogens with one attached hydrogen (secondary N) is 1. The van der Waals surface area contributed by atoms with Crippen LogP contribution in [0.5, 0.6) is 0 Å². The third kappa shape index (κ3) is 3.56. The Morgan fingerprint density at radius 2 is 2.05 bits per heavy atom. The van der Waals surface area contributed by atoms with Crippen LogP contribution in [0.15, 0.2) is 24.3 Å². The first kappa shape index (κ1) is 13.6. The molecule has 1 aromatic rings. The number of amides is 1. The average molecular weight is 261 g/mol. The minimum absolute atomic E-state index is 0.0117. The zero-order chi connectivity index (χ0) is 13.8. The van der Waals surface area contributed by atoms with Gasteiger partial charge < -0.3 is 10.4 Å². The first-order valence-electron chi connectivity index (χ1n) is 6.63. The van der Waals surface area contributed by atoms with Crippen molar-refractivity contribution in [2.45, 2.75) is 38.6 Å². The lowest BCUT2D eigenvalue weighted by Gasteiger charge is -2.13. The number of hydrogen-bond acceptors (Lipinski definition) is 2. The normalized spacial score (nSPS) is 22.2. The maximum atomic E-state index is 11.9. The summed E-state index contributed by atoms with van der Waals surface area (Å²) >= 11 is 0. The van der Waals surface area contributed by atoms with Crippen LogP contribution in [0.3, 0.4) is 0 Å². The molecule has 0 radical (unpaired) electrons. The van der Waals surface area contributed by atoms with Crippen LogP contribution in [0, 0.1) is 12.8 Å². The molecule has 19 heavy (non-hydrogen) atoms. The van der Waals surface area contributed by atoms with Crippen molar-refractivity contribution < 1.29 is 14.7 Å². The molecule has 1 saturated carbocycles. The monoisotopic (exact) mass is 261 g/mol. The highest BCUT2D eigenvalue weighted by molar-refractivity contribution is 5.79. The van der Waals surface area contributed by atoms with Gasteiger partial charge in [-0.2, -0.15) is 0 Å². The summed E-state index contributed by atoms with van der Waals surface area (Å²) in [5.41, 5.74) is 2.13. The van der Waals surface area contributed by atoms with Crippen LogP contribution in [0.1, 0.15) is 30.4 Å². The number of aryl methyl sites for hydroxylation is 1. The van der Waals surface area contributed by atoms with Crippen molar-refractivity contribution >= 4 is 11.9 Å². The predicted molar refractivity (Wildman–Crippen MR) is 71.8 cm³/mol. The number of carbonyl (C=O) groups excluding carboxylic acids is 1. The fourth-order valence-corrected chi connectivity index (χ4v) is 2.60. The molecule has 0 spiro atoms. The van der Waals surface area contributed by atoms with Crippen molar-refractivity contribution in [3.63, 3.8) is 0 Å². The van der Waals surface area contributed by atoms with Crippen molar-refractivity contribution in [1.82, 2.24) is 5.32 Å². The SMILES string of the molecule is Cc1ccccc1CC(=O)N[C@@H]1CC[C@H](C(=O)O)C1. The van der Waals surface area contributed by atoms with E-state index in [9.17, 15) is 9.59 Å². The maximum absolute atomic E-state index is 11.9. The molecule has 0 aliphatic heterocycles. The Labute approximate surface area is 112 Å². The fourth-order valence-electron chi connectivity index (χ4n) is 2.60. The Balaban J connectivity index is 1.86. The van der Waals surface area contributed by atoms with Crippen molar-refractivity contribution in [1.29, 1.82) is 0 Å². The standard InChI is InChI=1S/C15H19NO3/c1-10-4-2-3-5-11(10)9-14(17)16-13-7-6-12(8-13)15(18)19/h2-5,12-13H,6-9H2,1H3,(H,16,17)(H,18,19)/t12-,13+/m0/s1. The molecule has 1 amide bonds. The van der Waals surface area contributed by atoms with E-state index in [1.165, 1.54) is 0 Å². The number of carboxylic acids is 1. The van der Waals surface area contributed by atoms with Crippen LogP contribution in [-0.4, -0.2) is 23.0 Å². The lowest BCUT2D eigenvalue weighted by atomic mass is 10.1. The summed E-state index contributed by atoms with van der Waals surface area (Å²) in [6.07, 6.45) is 2.33. The molecule has 102 valence electrons. The number of rotatable bonds is 4. The average Bonchev–Trinajstić information content (AvgIpc) is 2.80. The van der Waals surface area contributed by atoms with Gasteiger partial charge >= 0.3 is 5.97 Å². The number of aliphatic carboxylic acids is 1. The number of benzene rings is 1. The largest absolute Gasteiger partial charge is 0.481 e. The molecular weight excluding hydrogens is 242 g/mol. The molecule has 4 heteroatoms. The van der Waals surface area contributed by atoms with E-state index in [2.05, 4.69) is 5.32 Å². The molecule has 2 atom stereocenters. The van der Waals surface area contributed by atoms with Gasteiger partial charge in [0.25, 0.3) is 0 Å². The highest BCUT2D eigenvalue weighted by Crippen LogP contribution is 2.25. The second kappa shape index (κ2) is 5.87. The summed E-state index contributed by atoms with van der Waals surface area (Å²) in [6.45, 7) is 1.98. The van der Waals surface area contributed by atoms with E-state index in [0.29, 0.717) is 19.3 Å². The number of carbonyl (C=O) groups is 2. The van der Waals surface area contributed by atoms with Crippen molar-refractivity contribution in [3.05, 3.63) is 35.4 Å². The Bertz CT molecular complexity index is 484. The zero-order valence-corrected chi connectivity index (χ0v) is 11.1. The molecule has 0 unspecified atom stereocenters. The molecule has 0 heterocycles. The summed E-state index contributed by atoms with van der Waals surface area (Å²) < 4.78 is 0. The Morgan fingerprint density at radius 1 is 1.32 bits per heavy atom. The first-order chi connectivity index (χ1) is 9.06. The van der Waals surface area contributed by atoms with Crippen LogP contribution in [0.2, 0.25) is 0 Å². The molecule has 0 bridgehead atoms. The van der Waals surface area contributed by atoms with Gasteiger partial charge in [0, 0.05) is 6.04 Å². The smallest absolute Gasteiger partial charge is 0.306 e. The molecule has 2 rings (SSSR count). The Morgan fingerprint density at radius 3 is 2.68 bits per heavy atom. The van der Waals surface area contributed by atoms with E-state index >= 15 is 0 Å². The van der Waals surface area contributed by atoms with Gasteiger partial charge in [0.1, 0.15) is 0 Å². The van der Waals surface area contributed by atoms with Gasteiger partial charge in [-0.1, -0.05) is 24.3 Å². The molecule has 1 aliphatic rings. The second-order valence-electron chi connectivity index (χ2n) is 5.22. The van der Waals surface area contributed by atoms with Gasteiger partial charge in [0.05, 0.1) is 12.3 Å². The minimum atomic E-state index is -0.754. The van der Waals surface area contributed by atoms with E-state index in [4.69, 9.17) is 5.11 Å². The summed E-state index contributed by atoms with van der Waals surface area (Å²) in [5, 5.41) is 11.9. The molecule has 1 aromatic carbocycles. The maximum Gasteiger partial charge on any atom is 0.306 e. The van der Waals surface area contributed by atoms with Gasteiger partial charge in [-0.05, 0) is 37.3 Å². The van der Waals surface area contributed by atoms with E-state index in [0.717, 1.165) is 17.5 Å². The van der Waals surface area contributed by atoms with E-state index in [1.54, 1.807) is 0 Å². The molecular formula is C15H19NO3. The summed E-state index contributed by atoms with van der Waals surface area (Å²) in [7, 11) is 0. The molecule has 1 aliphatic carbocycles. The van der Waals surface area contributed by atoms with Crippen LogP contribution >= 0.6 is 0 Å². The van der Waals surface area contributed by atoms with E-state index < -0.39 is 5.97 Å². The summed E-state index contributed by atoms with van der Waals surface area (Å²) in [5.74, 6) is -1.08. The first-order valence-corrected chi connectivity index (χ1v) is 6.63. The predicted octanol–water partition coefficient (Wildman–Crippen LogP) is 1.91. The van der Waals surface area contributed by atoms with Gasteiger partial charge in [-0.25, -0.2) is 0 Å². The zero-order valence-electron chi connectivity index (χ0n) is 11.1. The van der Waals surface area contributed by atoms with E-state index in [1.807, 2.05) is 31.2 Å². The molecule has 2 N–H and O–H groups in total. The van der Waals surface area contributed by atoms with Crippen LogP contribution < -0.4 is 5.32 Å².